The molecular weight excluding hydrogens is 338 g/mol. The molecule has 0 saturated carbocycles. The van der Waals surface area contributed by atoms with Crippen molar-refractivity contribution < 1.29 is 9.32 Å². The normalized spacial score (nSPS) is 17.8. The van der Waals surface area contributed by atoms with Gasteiger partial charge in [0.05, 0.1) is 15.2 Å². The summed E-state index contributed by atoms with van der Waals surface area (Å²) in [6.07, 6.45) is 2.86. The molecule has 3 aromatic rings. The van der Waals surface area contributed by atoms with E-state index >= 15 is 0 Å². The zero-order chi connectivity index (χ0) is 17.4. The molecule has 1 fully saturated rings. The molecule has 8 heteroatoms. The molecule has 2 amide bonds. The van der Waals surface area contributed by atoms with Crippen LogP contribution in [-0.4, -0.2) is 32.6 Å². The zero-order valence-corrected chi connectivity index (χ0v) is 15.0. The van der Waals surface area contributed by atoms with Crippen LogP contribution < -0.4 is 5.32 Å². The molecule has 1 aliphatic heterocycles. The van der Waals surface area contributed by atoms with Gasteiger partial charge in [-0.2, -0.15) is 4.98 Å². The summed E-state index contributed by atoms with van der Waals surface area (Å²) >= 11 is 1.62. The highest BCUT2D eigenvalue weighted by Crippen LogP contribution is 2.31. The SMILES string of the molecule is Cc1noc([C@H]2CCCCN2C(=O)Nc2ccc3nc(C)sc3c2)n1. The number of likely N-dealkylation sites (tertiary alicyclic amines) is 1. The van der Waals surface area contributed by atoms with Crippen molar-refractivity contribution in [2.24, 2.45) is 0 Å². The van der Waals surface area contributed by atoms with E-state index in [2.05, 4.69) is 20.4 Å². The molecule has 0 radical (unpaired) electrons. The average Bonchev–Trinajstić information content (AvgIpc) is 3.19. The summed E-state index contributed by atoms with van der Waals surface area (Å²) in [6.45, 7) is 4.44. The molecule has 1 aliphatic rings. The van der Waals surface area contributed by atoms with Crippen LogP contribution in [0.15, 0.2) is 22.7 Å². The van der Waals surface area contributed by atoms with Crippen LogP contribution >= 0.6 is 11.3 Å². The van der Waals surface area contributed by atoms with Crippen LogP contribution in [0.25, 0.3) is 10.2 Å². The predicted molar refractivity (Wildman–Crippen MR) is 95.7 cm³/mol. The molecule has 0 aliphatic carbocycles. The Morgan fingerprint density at radius 1 is 1.32 bits per heavy atom. The Morgan fingerprint density at radius 2 is 2.20 bits per heavy atom. The highest BCUT2D eigenvalue weighted by molar-refractivity contribution is 7.18. The standard InChI is InChI=1S/C17H19N5O2S/c1-10-18-16(24-21-10)14-5-3-4-8-22(14)17(23)20-12-6-7-13-15(9-12)25-11(2)19-13/h6-7,9,14H,3-5,8H2,1-2H3,(H,20,23)/t14-/m1/s1. The van der Waals surface area contributed by atoms with E-state index in [1.165, 1.54) is 0 Å². The van der Waals surface area contributed by atoms with Crippen LogP contribution in [0.4, 0.5) is 10.5 Å². The van der Waals surface area contributed by atoms with Gasteiger partial charge in [0.25, 0.3) is 0 Å². The third-order valence-corrected chi connectivity index (χ3v) is 5.27. The minimum atomic E-state index is -0.163. The van der Waals surface area contributed by atoms with E-state index in [1.54, 1.807) is 23.2 Å². The Labute approximate surface area is 149 Å². The summed E-state index contributed by atoms with van der Waals surface area (Å²) in [4.78, 5) is 23.4. The van der Waals surface area contributed by atoms with E-state index in [1.807, 2.05) is 25.1 Å². The van der Waals surface area contributed by atoms with E-state index in [4.69, 9.17) is 4.52 Å². The fraction of sp³-hybridized carbons (Fsp3) is 0.412. The molecule has 3 heterocycles. The first-order valence-corrected chi connectivity index (χ1v) is 9.17. The van der Waals surface area contributed by atoms with E-state index < -0.39 is 0 Å². The van der Waals surface area contributed by atoms with Gasteiger partial charge in [0.1, 0.15) is 6.04 Å². The number of benzene rings is 1. The number of nitrogens with zero attached hydrogens (tertiary/aromatic N) is 4. The fourth-order valence-corrected chi connectivity index (χ4v) is 4.06. The van der Waals surface area contributed by atoms with Gasteiger partial charge >= 0.3 is 6.03 Å². The van der Waals surface area contributed by atoms with Gasteiger partial charge in [-0.25, -0.2) is 9.78 Å². The maximum atomic E-state index is 12.8. The second-order valence-electron chi connectivity index (χ2n) is 6.23. The number of thiazole rings is 1. The number of nitrogens with one attached hydrogen (secondary N) is 1. The van der Waals surface area contributed by atoms with Gasteiger partial charge in [-0.15, -0.1) is 11.3 Å². The van der Waals surface area contributed by atoms with Gasteiger partial charge in [-0.05, 0) is 51.3 Å². The van der Waals surface area contributed by atoms with Gasteiger partial charge < -0.3 is 14.7 Å². The minimum Gasteiger partial charge on any atom is -0.337 e. The van der Waals surface area contributed by atoms with E-state index in [0.29, 0.717) is 18.3 Å². The Morgan fingerprint density at radius 3 is 3.00 bits per heavy atom. The third kappa shape index (κ3) is 3.21. The van der Waals surface area contributed by atoms with Crippen molar-refractivity contribution in [1.82, 2.24) is 20.0 Å². The topological polar surface area (TPSA) is 84.2 Å². The number of carbonyl (C=O) groups is 1. The molecule has 0 unspecified atom stereocenters. The number of carbonyl (C=O) groups excluding carboxylic acids is 1. The third-order valence-electron chi connectivity index (χ3n) is 4.34. The average molecular weight is 357 g/mol. The monoisotopic (exact) mass is 357 g/mol. The smallest absolute Gasteiger partial charge is 0.322 e. The molecule has 7 nitrogen and oxygen atoms in total. The summed E-state index contributed by atoms with van der Waals surface area (Å²) in [5.41, 5.74) is 1.73. The lowest BCUT2D eigenvalue weighted by atomic mass is 10.0. The number of fused-ring (bicyclic) bond motifs is 1. The molecule has 1 atom stereocenters. The predicted octanol–water partition coefficient (Wildman–Crippen LogP) is 4.06. The maximum Gasteiger partial charge on any atom is 0.322 e. The van der Waals surface area contributed by atoms with Crippen LogP contribution in [0.3, 0.4) is 0 Å². The van der Waals surface area contributed by atoms with Crippen molar-refractivity contribution in [3.8, 4) is 0 Å². The summed E-state index contributed by atoms with van der Waals surface area (Å²) in [6, 6.07) is 5.48. The van der Waals surface area contributed by atoms with Crippen molar-refractivity contribution in [3.63, 3.8) is 0 Å². The number of anilines is 1. The van der Waals surface area contributed by atoms with Gasteiger partial charge in [0.15, 0.2) is 5.82 Å². The van der Waals surface area contributed by atoms with Crippen molar-refractivity contribution >= 4 is 33.3 Å². The van der Waals surface area contributed by atoms with Crippen molar-refractivity contribution in [3.05, 3.63) is 34.9 Å². The van der Waals surface area contributed by atoms with Gasteiger partial charge in [-0.3, -0.25) is 0 Å². The molecule has 130 valence electrons. The number of rotatable bonds is 2. The van der Waals surface area contributed by atoms with E-state index in [0.717, 1.165) is 40.2 Å². The van der Waals surface area contributed by atoms with Crippen LogP contribution in [0, 0.1) is 13.8 Å². The van der Waals surface area contributed by atoms with Crippen molar-refractivity contribution in [2.45, 2.75) is 39.2 Å². The van der Waals surface area contributed by atoms with E-state index in [9.17, 15) is 4.79 Å². The number of aryl methyl sites for hydroxylation is 2. The summed E-state index contributed by atoms with van der Waals surface area (Å²) < 4.78 is 6.37. The molecule has 0 spiro atoms. The molecule has 4 rings (SSSR count). The molecule has 25 heavy (non-hydrogen) atoms. The van der Waals surface area contributed by atoms with E-state index in [-0.39, 0.29) is 12.1 Å². The molecule has 1 aromatic carbocycles. The lowest BCUT2D eigenvalue weighted by Crippen LogP contribution is -2.41. The number of aromatic nitrogens is 3. The van der Waals surface area contributed by atoms with Gasteiger partial charge in [0.2, 0.25) is 5.89 Å². The molecule has 1 saturated heterocycles. The highest BCUT2D eigenvalue weighted by Gasteiger charge is 2.32. The molecule has 1 N–H and O–H groups in total. The Kier molecular flexibility index (Phi) is 4.12. The number of urea groups is 1. The number of piperidine rings is 1. The largest absolute Gasteiger partial charge is 0.337 e. The lowest BCUT2D eigenvalue weighted by Gasteiger charge is -2.33. The Bertz CT molecular complexity index is 919. The molecule has 0 bridgehead atoms. The summed E-state index contributed by atoms with van der Waals surface area (Å²) in [5, 5.41) is 7.87. The fourth-order valence-electron chi connectivity index (χ4n) is 3.19. The van der Waals surface area contributed by atoms with Gasteiger partial charge in [0, 0.05) is 12.2 Å². The van der Waals surface area contributed by atoms with Gasteiger partial charge in [-0.1, -0.05) is 5.16 Å². The number of hydrogen-bond donors (Lipinski definition) is 1. The Hall–Kier alpha value is -2.48. The summed E-state index contributed by atoms with van der Waals surface area (Å²) in [7, 11) is 0. The zero-order valence-electron chi connectivity index (χ0n) is 14.2. The second kappa shape index (κ2) is 6.44. The molecular formula is C17H19N5O2S. The minimum absolute atomic E-state index is 0.138. The maximum absolute atomic E-state index is 12.8. The Balaban J connectivity index is 1.55. The van der Waals surface area contributed by atoms with Crippen LogP contribution in [0.5, 0.6) is 0 Å². The van der Waals surface area contributed by atoms with Crippen molar-refractivity contribution in [1.29, 1.82) is 0 Å². The highest BCUT2D eigenvalue weighted by atomic mass is 32.1. The first kappa shape index (κ1) is 16.0. The number of amides is 2. The summed E-state index contributed by atoms with van der Waals surface area (Å²) in [5.74, 6) is 1.10. The lowest BCUT2D eigenvalue weighted by molar-refractivity contribution is 0.142. The van der Waals surface area contributed by atoms with Crippen LogP contribution in [-0.2, 0) is 0 Å². The molecule has 2 aromatic heterocycles. The van der Waals surface area contributed by atoms with Crippen LogP contribution in [0.2, 0.25) is 0 Å². The van der Waals surface area contributed by atoms with Crippen molar-refractivity contribution in [2.75, 3.05) is 11.9 Å². The number of hydrogen-bond acceptors (Lipinski definition) is 6. The first-order chi connectivity index (χ1) is 12.1. The first-order valence-electron chi connectivity index (χ1n) is 8.35. The quantitative estimate of drug-likeness (QED) is 0.748. The van der Waals surface area contributed by atoms with Crippen LogP contribution in [0.1, 0.15) is 42.0 Å². The second-order valence-corrected chi connectivity index (χ2v) is 7.47.